The summed E-state index contributed by atoms with van der Waals surface area (Å²) >= 11 is 0. The molecule has 2 aromatic rings. The van der Waals surface area contributed by atoms with Crippen molar-refractivity contribution < 1.29 is 9.21 Å². The van der Waals surface area contributed by atoms with E-state index in [0.717, 1.165) is 11.8 Å². The Kier molecular flexibility index (Phi) is 2.93. The Morgan fingerprint density at radius 1 is 1.33 bits per heavy atom. The van der Waals surface area contributed by atoms with Gasteiger partial charge < -0.3 is 9.21 Å². The van der Waals surface area contributed by atoms with Gasteiger partial charge in [0.2, 0.25) is 0 Å². The van der Waals surface area contributed by atoms with Crippen molar-refractivity contribution in [2.75, 3.05) is 0 Å². The quantitative estimate of drug-likeness (QED) is 0.712. The summed E-state index contributed by atoms with van der Waals surface area (Å²) in [4.78, 5) is 14.9. The van der Waals surface area contributed by atoms with Gasteiger partial charge in [0.15, 0.2) is 0 Å². The zero-order valence-corrected chi connectivity index (χ0v) is 8.17. The molecule has 0 aliphatic carbocycles. The van der Waals surface area contributed by atoms with Crippen molar-refractivity contribution >= 4 is 6.29 Å². The smallest absolute Gasteiger partial charge is 0.130 e. The second-order valence-corrected chi connectivity index (χ2v) is 3.32. The molecule has 0 saturated carbocycles. The minimum Gasteiger partial charge on any atom is -0.469 e. The van der Waals surface area contributed by atoms with E-state index >= 15 is 0 Å². The molecule has 0 radical (unpaired) electrons. The topological polar surface area (TPSA) is 43.1 Å². The predicted molar refractivity (Wildman–Crippen MR) is 55.5 cm³/mol. The van der Waals surface area contributed by atoms with Crippen LogP contribution in [-0.4, -0.2) is 11.3 Å². The summed E-state index contributed by atoms with van der Waals surface area (Å²) in [5.41, 5.74) is 1.08. The van der Waals surface area contributed by atoms with Gasteiger partial charge in [-0.15, -0.1) is 0 Å². The Hall–Kier alpha value is -1.90. The second kappa shape index (κ2) is 4.55. The van der Waals surface area contributed by atoms with Gasteiger partial charge in [0.25, 0.3) is 0 Å². The minimum absolute atomic E-state index is 0.206. The van der Waals surface area contributed by atoms with Crippen LogP contribution in [0.5, 0.6) is 0 Å². The van der Waals surface area contributed by atoms with Crippen molar-refractivity contribution in [2.45, 2.75) is 12.3 Å². The summed E-state index contributed by atoms with van der Waals surface area (Å²) in [5, 5.41) is 0. The largest absolute Gasteiger partial charge is 0.469 e. The van der Waals surface area contributed by atoms with Crippen LogP contribution in [0.15, 0.2) is 47.3 Å². The summed E-state index contributed by atoms with van der Waals surface area (Å²) < 4.78 is 5.21. The Bertz CT molecular complexity index is 408. The average molecular weight is 201 g/mol. The lowest BCUT2D eigenvalue weighted by Gasteiger charge is -2.06. The third-order valence-corrected chi connectivity index (χ3v) is 2.28. The van der Waals surface area contributed by atoms with Gasteiger partial charge in [0.1, 0.15) is 12.0 Å². The van der Waals surface area contributed by atoms with Crippen LogP contribution >= 0.6 is 0 Å². The van der Waals surface area contributed by atoms with Gasteiger partial charge in [-0.25, -0.2) is 0 Å². The van der Waals surface area contributed by atoms with Gasteiger partial charge in [-0.05, 0) is 36.2 Å². The van der Waals surface area contributed by atoms with Crippen LogP contribution < -0.4 is 0 Å². The fourth-order valence-corrected chi connectivity index (χ4v) is 1.49. The van der Waals surface area contributed by atoms with Gasteiger partial charge >= 0.3 is 0 Å². The number of hydrogen-bond donors (Lipinski definition) is 0. The maximum absolute atomic E-state index is 10.9. The van der Waals surface area contributed by atoms with Gasteiger partial charge in [0.05, 0.1) is 12.2 Å². The number of pyridine rings is 1. The van der Waals surface area contributed by atoms with E-state index in [1.807, 2.05) is 18.2 Å². The van der Waals surface area contributed by atoms with E-state index < -0.39 is 0 Å². The molecule has 0 N–H and O–H groups in total. The van der Waals surface area contributed by atoms with Crippen molar-refractivity contribution in [1.29, 1.82) is 0 Å². The summed E-state index contributed by atoms with van der Waals surface area (Å²) in [7, 11) is 0. The maximum Gasteiger partial charge on any atom is 0.130 e. The van der Waals surface area contributed by atoms with E-state index in [2.05, 4.69) is 4.98 Å². The second-order valence-electron chi connectivity index (χ2n) is 3.32. The van der Waals surface area contributed by atoms with E-state index in [1.54, 1.807) is 24.7 Å². The van der Waals surface area contributed by atoms with Crippen LogP contribution in [0.3, 0.4) is 0 Å². The molecule has 0 bridgehead atoms. The number of rotatable bonds is 4. The Labute approximate surface area is 87.8 Å². The van der Waals surface area contributed by atoms with Crippen molar-refractivity contribution in [3.63, 3.8) is 0 Å². The number of aromatic nitrogens is 1. The van der Waals surface area contributed by atoms with Gasteiger partial charge in [-0.3, -0.25) is 4.98 Å². The van der Waals surface area contributed by atoms with Crippen molar-refractivity contribution in [3.8, 4) is 0 Å². The van der Waals surface area contributed by atoms with Crippen molar-refractivity contribution in [2.24, 2.45) is 0 Å². The molecule has 0 spiro atoms. The highest BCUT2D eigenvalue weighted by Gasteiger charge is 2.13. The van der Waals surface area contributed by atoms with Crippen LogP contribution in [0.1, 0.15) is 17.2 Å². The van der Waals surface area contributed by atoms with Crippen molar-refractivity contribution in [1.82, 2.24) is 4.98 Å². The van der Waals surface area contributed by atoms with Gasteiger partial charge in [0, 0.05) is 12.4 Å². The number of nitrogens with zero attached hydrogens (tertiary/aromatic N) is 1. The zero-order chi connectivity index (χ0) is 10.5. The molecule has 2 rings (SSSR count). The third kappa shape index (κ3) is 2.31. The fourth-order valence-electron chi connectivity index (χ4n) is 1.49. The molecule has 2 heterocycles. The predicted octanol–water partition coefficient (Wildman–Crippen LogP) is 2.20. The Morgan fingerprint density at radius 2 is 2.13 bits per heavy atom. The molecule has 3 nitrogen and oxygen atoms in total. The lowest BCUT2D eigenvalue weighted by molar-refractivity contribution is -0.109. The number of hydrogen-bond acceptors (Lipinski definition) is 3. The van der Waals surface area contributed by atoms with Crippen LogP contribution in [0, 0.1) is 0 Å². The van der Waals surface area contributed by atoms with Crippen LogP contribution in [-0.2, 0) is 11.2 Å². The average Bonchev–Trinajstić information content (AvgIpc) is 2.81. The molecule has 0 saturated heterocycles. The fraction of sp³-hybridized carbons (Fsp3) is 0.167. The molecule has 1 unspecified atom stereocenters. The molecule has 0 aliphatic heterocycles. The summed E-state index contributed by atoms with van der Waals surface area (Å²) in [6.45, 7) is 0. The van der Waals surface area contributed by atoms with Gasteiger partial charge in [-0.1, -0.05) is 0 Å². The van der Waals surface area contributed by atoms with Crippen molar-refractivity contribution in [3.05, 3.63) is 54.2 Å². The van der Waals surface area contributed by atoms with Crippen LogP contribution in [0.4, 0.5) is 0 Å². The highest BCUT2D eigenvalue weighted by atomic mass is 16.3. The first-order valence-corrected chi connectivity index (χ1v) is 4.78. The lowest BCUT2D eigenvalue weighted by atomic mass is 9.99. The molecule has 0 aliphatic rings. The molecule has 1 atom stereocenters. The highest BCUT2D eigenvalue weighted by Crippen LogP contribution is 2.18. The van der Waals surface area contributed by atoms with E-state index in [0.29, 0.717) is 12.2 Å². The Morgan fingerprint density at radius 3 is 2.73 bits per heavy atom. The molecule has 0 aromatic carbocycles. The summed E-state index contributed by atoms with van der Waals surface area (Å²) in [5.74, 6) is 0.504. The lowest BCUT2D eigenvalue weighted by Crippen LogP contribution is -2.03. The van der Waals surface area contributed by atoms with E-state index in [1.165, 1.54) is 0 Å². The normalized spacial score (nSPS) is 12.3. The van der Waals surface area contributed by atoms with Crippen LogP contribution in [0.25, 0.3) is 0 Å². The molecule has 0 amide bonds. The number of furan rings is 1. The first-order valence-electron chi connectivity index (χ1n) is 4.78. The minimum atomic E-state index is -0.206. The van der Waals surface area contributed by atoms with E-state index in [-0.39, 0.29) is 5.92 Å². The number of carbonyl (C=O) groups excluding carboxylic acids is 1. The first kappa shape index (κ1) is 9.65. The SMILES string of the molecule is O=CC(Cc1ccncc1)c1ccco1. The molecule has 76 valence electrons. The molecule has 2 aromatic heterocycles. The monoisotopic (exact) mass is 201 g/mol. The molecule has 0 fully saturated rings. The van der Waals surface area contributed by atoms with E-state index in [4.69, 9.17) is 4.42 Å². The molecular formula is C12H11NO2. The van der Waals surface area contributed by atoms with Gasteiger partial charge in [-0.2, -0.15) is 0 Å². The summed E-state index contributed by atoms with van der Waals surface area (Å²) in [6, 6.07) is 7.41. The number of aldehydes is 1. The molecular weight excluding hydrogens is 190 g/mol. The highest BCUT2D eigenvalue weighted by molar-refractivity contribution is 5.61. The first-order chi connectivity index (χ1) is 7.40. The van der Waals surface area contributed by atoms with Crippen LogP contribution in [0.2, 0.25) is 0 Å². The third-order valence-electron chi connectivity index (χ3n) is 2.28. The zero-order valence-electron chi connectivity index (χ0n) is 8.17. The number of carbonyl (C=O) groups is 1. The molecule has 15 heavy (non-hydrogen) atoms. The summed E-state index contributed by atoms with van der Waals surface area (Å²) in [6.07, 6.45) is 6.59. The van der Waals surface area contributed by atoms with E-state index in [9.17, 15) is 4.79 Å². The molecule has 3 heteroatoms. The Balaban J connectivity index is 2.13. The maximum atomic E-state index is 10.9. The standard InChI is InChI=1S/C12H11NO2/c14-9-11(12-2-1-7-15-12)8-10-3-5-13-6-4-10/h1-7,9,11H,8H2.